The smallest absolute Gasteiger partial charge is 0.168 e. The van der Waals surface area contributed by atoms with Crippen molar-refractivity contribution in [2.24, 2.45) is 0 Å². The molecule has 0 spiro atoms. The zero-order valence-corrected chi connectivity index (χ0v) is 9.74. The molecule has 0 bridgehead atoms. The Bertz CT molecular complexity index is 506. The van der Waals surface area contributed by atoms with Crippen molar-refractivity contribution >= 4 is 0 Å². The summed E-state index contributed by atoms with van der Waals surface area (Å²) in [5, 5.41) is 0. The molecule has 0 saturated carbocycles. The van der Waals surface area contributed by atoms with Gasteiger partial charge in [-0.15, -0.1) is 0 Å². The normalized spacial score (nSPS) is 10.1. The third kappa shape index (κ3) is 2.23. The van der Waals surface area contributed by atoms with Crippen LogP contribution in [-0.2, 0) is 0 Å². The molecule has 0 aliphatic carbocycles. The van der Waals surface area contributed by atoms with Crippen molar-refractivity contribution in [3.05, 3.63) is 48.3 Å². The number of hydrogen-bond acceptors (Lipinski definition) is 2. The molecule has 0 amide bonds. The minimum Gasteiger partial charge on any atom is -0.493 e. The number of methoxy groups -OCH3 is 2. The van der Waals surface area contributed by atoms with Crippen LogP contribution in [0.1, 0.15) is 0 Å². The molecule has 2 aromatic rings. The van der Waals surface area contributed by atoms with Gasteiger partial charge in [-0.3, -0.25) is 0 Å². The van der Waals surface area contributed by atoms with Crippen LogP contribution in [0.4, 0.5) is 4.39 Å². The summed E-state index contributed by atoms with van der Waals surface area (Å²) >= 11 is 0. The minimum atomic E-state index is -0.254. The summed E-state index contributed by atoms with van der Waals surface area (Å²) < 4.78 is 23.4. The molecule has 17 heavy (non-hydrogen) atoms. The summed E-state index contributed by atoms with van der Waals surface area (Å²) in [4.78, 5) is 0. The quantitative estimate of drug-likeness (QED) is 0.806. The van der Waals surface area contributed by atoms with Gasteiger partial charge in [0.25, 0.3) is 0 Å². The average molecular weight is 232 g/mol. The lowest BCUT2D eigenvalue weighted by Gasteiger charge is -2.12. The summed E-state index contributed by atoms with van der Waals surface area (Å²) in [5.41, 5.74) is 1.77. The van der Waals surface area contributed by atoms with E-state index in [0.717, 1.165) is 11.1 Å². The van der Waals surface area contributed by atoms with Gasteiger partial charge in [0.15, 0.2) is 11.5 Å². The molecule has 0 heterocycles. The van der Waals surface area contributed by atoms with Crippen LogP contribution in [0.3, 0.4) is 0 Å². The molecule has 0 N–H and O–H groups in total. The molecule has 2 nitrogen and oxygen atoms in total. The third-order valence-corrected chi connectivity index (χ3v) is 2.56. The van der Waals surface area contributed by atoms with E-state index in [2.05, 4.69) is 0 Å². The lowest BCUT2D eigenvalue weighted by atomic mass is 10.0. The first-order valence-corrected chi connectivity index (χ1v) is 5.23. The van der Waals surface area contributed by atoms with Gasteiger partial charge in [-0.2, -0.15) is 0 Å². The zero-order valence-electron chi connectivity index (χ0n) is 9.74. The van der Waals surface area contributed by atoms with Gasteiger partial charge in [-0.25, -0.2) is 4.39 Å². The Morgan fingerprint density at radius 2 is 1.59 bits per heavy atom. The molecule has 0 unspecified atom stereocenters. The number of ether oxygens (including phenoxy) is 2. The van der Waals surface area contributed by atoms with Crippen LogP contribution in [0.5, 0.6) is 11.5 Å². The standard InChI is InChI=1S/C14H13FO2/c1-16-13-5-3-4-12(14(13)17-2)10-6-8-11(15)9-7-10/h3-9H,1-2H3. The first-order chi connectivity index (χ1) is 8.26. The van der Waals surface area contributed by atoms with Gasteiger partial charge in [0.1, 0.15) is 5.82 Å². The summed E-state index contributed by atoms with van der Waals surface area (Å²) in [6.07, 6.45) is 0. The van der Waals surface area contributed by atoms with E-state index in [9.17, 15) is 4.39 Å². The Kier molecular flexibility index (Phi) is 3.28. The number of halogens is 1. The minimum absolute atomic E-state index is 0.254. The lowest BCUT2D eigenvalue weighted by Crippen LogP contribution is -1.93. The third-order valence-electron chi connectivity index (χ3n) is 2.56. The highest BCUT2D eigenvalue weighted by Gasteiger charge is 2.10. The Morgan fingerprint density at radius 1 is 0.882 bits per heavy atom. The van der Waals surface area contributed by atoms with E-state index in [-0.39, 0.29) is 5.82 Å². The van der Waals surface area contributed by atoms with Crippen molar-refractivity contribution in [1.82, 2.24) is 0 Å². The van der Waals surface area contributed by atoms with E-state index in [1.807, 2.05) is 18.2 Å². The highest BCUT2D eigenvalue weighted by molar-refractivity contribution is 5.73. The Balaban J connectivity index is 2.54. The van der Waals surface area contributed by atoms with Gasteiger partial charge in [-0.1, -0.05) is 24.3 Å². The number of rotatable bonds is 3. The van der Waals surface area contributed by atoms with Gasteiger partial charge >= 0.3 is 0 Å². The van der Waals surface area contributed by atoms with Crippen molar-refractivity contribution in [2.45, 2.75) is 0 Å². The van der Waals surface area contributed by atoms with Gasteiger partial charge in [0.2, 0.25) is 0 Å². The first kappa shape index (κ1) is 11.5. The second-order valence-corrected chi connectivity index (χ2v) is 3.55. The molecule has 3 heteroatoms. The molecule has 0 radical (unpaired) electrons. The van der Waals surface area contributed by atoms with Crippen molar-refractivity contribution in [3.8, 4) is 22.6 Å². The molecular formula is C14H13FO2. The molecular weight excluding hydrogens is 219 g/mol. The molecule has 88 valence electrons. The topological polar surface area (TPSA) is 18.5 Å². The molecule has 2 rings (SSSR count). The number of hydrogen-bond donors (Lipinski definition) is 0. The fraction of sp³-hybridized carbons (Fsp3) is 0.143. The van der Waals surface area contributed by atoms with Gasteiger partial charge < -0.3 is 9.47 Å². The van der Waals surface area contributed by atoms with E-state index < -0.39 is 0 Å². The lowest BCUT2D eigenvalue weighted by molar-refractivity contribution is 0.356. The average Bonchev–Trinajstić information content (AvgIpc) is 2.38. The summed E-state index contributed by atoms with van der Waals surface area (Å²) in [6.45, 7) is 0. The molecule has 0 saturated heterocycles. The van der Waals surface area contributed by atoms with Crippen molar-refractivity contribution in [1.29, 1.82) is 0 Å². The highest BCUT2D eigenvalue weighted by Crippen LogP contribution is 2.37. The van der Waals surface area contributed by atoms with Crippen LogP contribution < -0.4 is 9.47 Å². The predicted molar refractivity (Wildman–Crippen MR) is 64.9 cm³/mol. The SMILES string of the molecule is COc1cccc(-c2ccc(F)cc2)c1OC. The maximum absolute atomic E-state index is 12.9. The fourth-order valence-electron chi connectivity index (χ4n) is 1.74. The van der Waals surface area contributed by atoms with E-state index in [4.69, 9.17) is 9.47 Å². The number of para-hydroxylation sites is 1. The molecule has 2 aromatic carbocycles. The fourth-order valence-corrected chi connectivity index (χ4v) is 1.74. The van der Waals surface area contributed by atoms with Crippen LogP contribution in [0.2, 0.25) is 0 Å². The van der Waals surface area contributed by atoms with E-state index in [0.29, 0.717) is 11.5 Å². The van der Waals surface area contributed by atoms with Gasteiger partial charge in [-0.05, 0) is 23.8 Å². The van der Waals surface area contributed by atoms with Crippen LogP contribution >= 0.6 is 0 Å². The Labute approximate surface area is 99.6 Å². The summed E-state index contributed by atoms with van der Waals surface area (Å²) in [7, 11) is 3.18. The predicted octanol–water partition coefficient (Wildman–Crippen LogP) is 3.51. The van der Waals surface area contributed by atoms with Crippen LogP contribution in [0.15, 0.2) is 42.5 Å². The van der Waals surface area contributed by atoms with E-state index in [1.54, 1.807) is 26.4 Å². The summed E-state index contributed by atoms with van der Waals surface area (Å²) in [5.74, 6) is 1.06. The maximum Gasteiger partial charge on any atom is 0.168 e. The van der Waals surface area contributed by atoms with Gasteiger partial charge in [0, 0.05) is 5.56 Å². The van der Waals surface area contributed by atoms with Gasteiger partial charge in [0.05, 0.1) is 14.2 Å². The van der Waals surface area contributed by atoms with Crippen molar-refractivity contribution in [3.63, 3.8) is 0 Å². The zero-order chi connectivity index (χ0) is 12.3. The molecule has 0 fully saturated rings. The molecule has 0 aromatic heterocycles. The Morgan fingerprint density at radius 3 is 2.18 bits per heavy atom. The van der Waals surface area contributed by atoms with Crippen LogP contribution in [-0.4, -0.2) is 14.2 Å². The maximum atomic E-state index is 12.9. The largest absolute Gasteiger partial charge is 0.493 e. The monoisotopic (exact) mass is 232 g/mol. The van der Waals surface area contributed by atoms with Crippen LogP contribution in [0, 0.1) is 5.82 Å². The molecule has 0 aliphatic heterocycles. The van der Waals surface area contributed by atoms with Crippen molar-refractivity contribution in [2.75, 3.05) is 14.2 Å². The van der Waals surface area contributed by atoms with Crippen LogP contribution in [0.25, 0.3) is 11.1 Å². The Hall–Kier alpha value is -2.03. The first-order valence-electron chi connectivity index (χ1n) is 5.23. The second kappa shape index (κ2) is 4.87. The molecule has 0 aliphatic rings. The second-order valence-electron chi connectivity index (χ2n) is 3.55. The number of benzene rings is 2. The summed E-state index contributed by atoms with van der Waals surface area (Å²) in [6, 6.07) is 11.9. The van der Waals surface area contributed by atoms with Crippen molar-refractivity contribution < 1.29 is 13.9 Å². The highest BCUT2D eigenvalue weighted by atomic mass is 19.1. The van der Waals surface area contributed by atoms with E-state index in [1.165, 1.54) is 12.1 Å². The molecule has 0 atom stereocenters. The van der Waals surface area contributed by atoms with E-state index >= 15 is 0 Å².